The van der Waals surface area contributed by atoms with Crippen LogP contribution in [0.3, 0.4) is 0 Å². The van der Waals surface area contributed by atoms with Crippen molar-refractivity contribution in [3.8, 4) is 12.1 Å². The van der Waals surface area contributed by atoms with Crippen molar-refractivity contribution in [3.05, 3.63) is 83.4 Å². The van der Waals surface area contributed by atoms with Crippen LogP contribution in [0.4, 0.5) is 10.3 Å². The highest BCUT2D eigenvalue weighted by Gasteiger charge is 2.11. The van der Waals surface area contributed by atoms with Crippen LogP contribution < -0.4 is 5.32 Å². The smallest absolute Gasteiger partial charge is 0.227 e. The lowest BCUT2D eigenvalue weighted by atomic mass is 10.1. The predicted molar refractivity (Wildman–Crippen MR) is 125 cm³/mol. The number of nitrogens with zero attached hydrogens (tertiary/aromatic N) is 7. The van der Waals surface area contributed by atoms with Gasteiger partial charge in [0.25, 0.3) is 0 Å². The molecule has 0 amide bonds. The summed E-state index contributed by atoms with van der Waals surface area (Å²) >= 11 is 2.47. The number of hydrogen-bond acceptors (Lipinski definition) is 10. The minimum Gasteiger partial charge on any atom is -0.354 e. The first-order valence-electron chi connectivity index (χ1n) is 9.94. The molecule has 0 fully saturated rings. The van der Waals surface area contributed by atoms with Gasteiger partial charge in [-0.25, -0.2) is 14.4 Å². The summed E-state index contributed by atoms with van der Waals surface area (Å²) in [4.78, 5) is 21.9. The van der Waals surface area contributed by atoms with Crippen molar-refractivity contribution in [1.82, 2.24) is 24.9 Å². The molecule has 1 aromatic carbocycles. The summed E-state index contributed by atoms with van der Waals surface area (Å²) in [6, 6.07) is 17.3. The normalized spacial score (nSPS) is 10.3. The van der Waals surface area contributed by atoms with Crippen molar-refractivity contribution in [1.29, 1.82) is 10.5 Å². The van der Waals surface area contributed by atoms with E-state index in [0.717, 1.165) is 5.56 Å². The largest absolute Gasteiger partial charge is 0.354 e. The van der Waals surface area contributed by atoms with Crippen LogP contribution in [-0.2, 0) is 6.42 Å². The Bertz CT molecular complexity index is 1290. The third-order valence-corrected chi connectivity index (χ3v) is 5.93. The fourth-order valence-corrected chi connectivity index (χ4v) is 4.16. The summed E-state index contributed by atoms with van der Waals surface area (Å²) in [6.07, 6.45) is 3.55. The van der Waals surface area contributed by atoms with Crippen LogP contribution in [0.25, 0.3) is 0 Å². The standard InChI is InChI=1S/C23H15FN8S2/c24-18-3-1-2-15(10-18)8-9-27-21-30-22(33-19-6-4-16(11-25)13-28-19)32-23(31-21)34-20-7-5-17(12-26)14-29-20/h1-7,10,13-14H,8-9H2,(H,27,30,31,32). The van der Waals surface area contributed by atoms with E-state index in [2.05, 4.69) is 30.2 Å². The number of anilines is 1. The van der Waals surface area contributed by atoms with Gasteiger partial charge in [0.1, 0.15) is 28.0 Å². The molecular weight excluding hydrogens is 471 g/mol. The Labute approximate surface area is 203 Å². The van der Waals surface area contributed by atoms with E-state index in [1.165, 1.54) is 48.1 Å². The first kappa shape index (κ1) is 23.1. The molecule has 34 heavy (non-hydrogen) atoms. The van der Waals surface area contributed by atoms with Crippen LogP contribution in [0.1, 0.15) is 16.7 Å². The van der Waals surface area contributed by atoms with E-state index in [1.807, 2.05) is 18.2 Å². The Kier molecular flexibility index (Phi) is 7.60. The molecule has 0 aliphatic heterocycles. The molecule has 3 heterocycles. The molecule has 0 radical (unpaired) electrons. The fourth-order valence-electron chi connectivity index (χ4n) is 2.72. The van der Waals surface area contributed by atoms with Gasteiger partial charge in [-0.3, -0.25) is 0 Å². The third kappa shape index (κ3) is 6.48. The SMILES string of the molecule is N#Cc1ccc(Sc2nc(NCCc3cccc(F)c3)nc(Sc3ccc(C#N)cn3)n2)nc1. The summed E-state index contributed by atoms with van der Waals surface area (Å²) in [5, 5.41) is 23.2. The van der Waals surface area contributed by atoms with E-state index < -0.39 is 0 Å². The van der Waals surface area contributed by atoms with Crippen LogP contribution in [0.2, 0.25) is 0 Å². The van der Waals surface area contributed by atoms with E-state index in [0.29, 0.717) is 50.4 Å². The van der Waals surface area contributed by atoms with Gasteiger partial charge in [-0.1, -0.05) is 12.1 Å². The minimum atomic E-state index is -0.278. The second-order valence-corrected chi connectivity index (χ2v) is 8.70. The first-order chi connectivity index (χ1) is 16.6. The summed E-state index contributed by atoms with van der Waals surface area (Å²) in [5.41, 5.74) is 1.78. The lowest BCUT2D eigenvalue weighted by Gasteiger charge is -2.09. The number of hydrogen-bond donors (Lipinski definition) is 1. The van der Waals surface area contributed by atoms with Gasteiger partial charge < -0.3 is 5.32 Å². The number of halogens is 1. The molecule has 0 bridgehead atoms. The van der Waals surface area contributed by atoms with Crippen molar-refractivity contribution in [2.75, 3.05) is 11.9 Å². The number of nitrogens with one attached hydrogen (secondary N) is 1. The maximum atomic E-state index is 13.4. The predicted octanol–water partition coefficient (Wildman–Crippen LogP) is 4.50. The van der Waals surface area contributed by atoms with Crippen molar-refractivity contribution in [3.63, 3.8) is 0 Å². The fraction of sp³-hybridized carbons (Fsp3) is 0.0870. The zero-order valence-electron chi connectivity index (χ0n) is 17.5. The lowest BCUT2D eigenvalue weighted by molar-refractivity contribution is 0.625. The number of rotatable bonds is 8. The molecule has 8 nitrogen and oxygen atoms in total. The zero-order chi connectivity index (χ0) is 23.8. The van der Waals surface area contributed by atoms with E-state index in [4.69, 9.17) is 10.5 Å². The maximum Gasteiger partial charge on any atom is 0.227 e. The molecular formula is C23H15FN8S2. The molecule has 11 heteroatoms. The molecule has 0 unspecified atom stereocenters. The first-order valence-corrected chi connectivity index (χ1v) is 11.6. The molecule has 4 aromatic rings. The molecule has 166 valence electrons. The van der Waals surface area contributed by atoms with E-state index in [1.54, 1.807) is 30.3 Å². The molecule has 0 atom stereocenters. The zero-order valence-corrected chi connectivity index (χ0v) is 19.1. The Morgan fingerprint density at radius 3 is 1.94 bits per heavy atom. The number of pyridine rings is 2. The van der Waals surface area contributed by atoms with Crippen molar-refractivity contribution in [2.24, 2.45) is 0 Å². The quantitative estimate of drug-likeness (QED) is 0.380. The molecule has 0 aliphatic carbocycles. The Hall–Kier alpha value is -4.06. The molecule has 0 spiro atoms. The Morgan fingerprint density at radius 2 is 1.44 bits per heavy atom. The number of benzene rings is 1. The summed E-state index contributed by atoms with van der Waals surface area (Å²) in [7, 11) is 0. The molecule has 1 N–H and O–H groups in total. The van der Waals surface area contributed by atoms with E-state index in [-0.39, 0.29) is 5.82 Å². The van der Waals surface area contributed by atoms with Gasteiger partial charge in [0.2, 0.25) is 5.95 Å². The van der Waals surface area contributed by atoms with E-state index >= 15 is 0 Å². The van der Waals surface area contributed by atoms with Crippen LogP contribution in [0.15, 0.2) is 81.3 Å². The van der Waals surface area contributed by atoms with Crippen LogP contribution in [0.5, 0.6) is 0 Å². The van der Waals surface area contributed by atoms with Gasteiger partial charge in [-0.2, -0.15) is 25.5 Å². The molecule has 3 aromatic heterocycles. The van der Waals surface area contributed by atoms with Crippen LogP contribution in [0, 0.1) is 28.5 Å². The van der Waals surface area contributed by atoms with Crippen LogP contribution >= 0.6 is 23.5 Å². The summed E-state index contributed by atoms with van der Waals surface area (Å²) in [6.45, 7) is 0.492. The van der Waals surface area contributed by atoms with Gasteiger partial charge >= 0.3 is 0 Å². The topological polar surface area (TPSA) is 124 Å². The third-order valence-electron chi connectivity index (χ3n) is 4.30. The monoisotopic (exact) mass is 486 g/mol. The number of nitriles is 2. The van der Waals surface area contributed by atoms with E-state index in [9.17, 15) is 4.39 Å². The molecule has 0 saturated heterocycles. The van der Waals surface area contributed by atoms with Gasteiger partial charge in [0, 0.05) is 18.9 Å². The average molecular weight is 487 g/mol. The van der Waals surface area contributed by atoms with Crippen molar-refractivity contribution >= 4 is 29.5 Å². The van der Waals surface area contributed by atoms with Crippen LogP contribution in [-0.4, -0.2) is 31.5 Å². The lowest BCUT2D eigenvalue weighted by Crippen LogP contribution is -2.10. The molecule has 4 rings (SSSR count). The number of aromatic nitrogens is 5. The average Bonchev–Trinajstić information content (AvgIpc) is 2.85. The van der Waals surface area contributed by atoms with Crippen molar-refractivity contribution in [2.45, 2.75) is 26.8 Å². The highest BCUT2D eigenvalue weighted by atomic mass is 32.2. The Morgan fingerprint density at radius 1 is 0.824 bits per heavy atom. The molecule has 0 aliphatic rings. The molecule has 0 saturated carbocycles. The second-order valence-electron chi connectivity index (χ2n) is 6.73. The highest BCUT2D eigenvalue weighted by Crippen LogP contribution is 2.28. The Balaban J connectivity index is 1.53. The van der Waals surface area contributed by atoms with Gasteiger partial charge in [-0.05, 0) is 71.9 Å². The van der Waals surface area contributed by atoms with Gasteiger partial charge in [-0.15, -0.1) is 0 Å². The van der Waals surface area contributed by atoms with Gasteiger partial charge in [0.05, 0.1) is 11.1 Å². The summed E-state index contributed by atoms with van der Waals surface area (Å²) < 4.78 is 13.4. The highest BCUT2D eigenvalue weighted by molar-refractivity contribution is 7.99. The summed E-state index contributed by atoms with van der Waals surface area (Å²) in [5.74, 6) is 0.0820. The second kappa shape index (κ2) is 11.2. The van der Waals surface area contributed by atoms with Gasteiger partial charge in [0.15, 0.2) is 10.3 Å². The van der Waals surface area contributed by atoms with Crippen molar-refractivity contribution < 1.29 is 4.39 Å². The minimum absolute atomic E-state index is 0.278. The maximum absolute atomic E-state index is 13.4.